The Hall–Kier alpha value is -1.23. The van der Waals surface area contributed by atoms with Crippen molar-refractivity contribution in [3.05, 3.63) is 33.4 Å². The quantitative estimate of drug-likeness (QED) is 0.849. The van der Waals surface area contributed by atoms with Crippen LogP contribution >= 0.6 is 23.2 Å². The van der Waals surface area contributed by atoms with E-state index < -0.39 is 6.61 Å². The Morgan fingerprint density at radius 1 is 1.42 bits per heavy atom. The van der Waals surface area contributed by atoms with Crippen LogP contribution in [0.25, 0.3) is 10.9 Å². The molecule has 0 fully saturated rings. The number of hydrogen-bond donors (Lipinski definition) is 2. The normalized spacial score (nSPS) is 14.8. The van der Waals surface area contributed by atoms with Crippen molar-refractivity contribution in [2.45, 2.75) is 13.0 Å². The van der Waals surface area contributed by atoms with E-state index in [1.807, 2.05) is 6.07 Å². The molecule has 6 heteroatoms. The molecule has 0 bridgehead atoms. The van der Waals surface area contributed by atoms with Gasteiger partial charge < -0.3 is 15.0 Å². The number of H-pyrrole nitrogens is 1. The van der Waals surface area contributed by atoms with Gasteiger partial charge in [-0.05, 0) is 6.07 Å². The number of hydrogen-bond acceptors (Lipinski definition) is 2. The summed E-state index contributed by atoms with van der Waals surface area (Å²) in [5.41, 5.74) is 2.96. The van der Waals surface area contributed by atoms with Crippen molar-refractivity contribution < 1.29 is 9.90 Å². The highest BCUT2D eigenvalue weighted by Crippen LogP contribution is 2.35. The lowest BCUT2D eigenvalue weighted by Crippen LogP contribution is -2.37. The molecule has 1 aliphatic rings. The standard InChI is InChI=1S/C13H12Cl2N2O2/c14-9-2-1-7-8-5-17(11(19)6-18)4-3-10(8)16-13(7)12(9)15/h1-2,16,18H,3-6H2. The van der Waals surface area contributed by atoms with Crippen LogP contribution in [0.15, 0.2) is 12.1 Å². The summed E-state index contributed by atoms with van der Waals surface area (Å²) < 4.78 is 0. The van der Waals surface area contributed by atoms with Crippen molar-refractivity contribution in [3.8, 4) is 0 Å². The Kier molecular flexibility index (Phi) is 3.17. The minimum absolute atomic E-state index is 0.250. The highest BCUT2D eigenvalue weighted by Gasteiger charge is 2.24. The van der Waals surface area contributed by atoms with Gasteiger partial charge in [0.25, 0.3) is 0 Å². The maximum Gasteiger partial charge on any atom is 0.248 e. The number of aliphatic hydroxyl groups excluding tert-OH is 1. The number of halogens is 2. The fourth-order valence-electron chi connectivity index (χ4n) is 2.54. The van der Waals surface area contributed by atoms with Crippen molar-refractivity contribution in [1.29, 1.82) is 0 Å². The largest absolute Gasteiger partial charge is 0.387 e. The number of aromatic nitrogens is 1. The fraction of sp³-hybridized carbons (Fsp3) is 0.308. The molecule has 100 valence electrons. The van der Waals surface area contributed by atoms with Crippen molar-refractivity contribution >= 4 is 40.0 Å². The van der Waals surface area contributed by atoms with E-state index in [4.69, 9.17) is 28.3 Å². The second kappa shape index (κ2) is 4.71. The first kappa shape index (κ1) is 12.8. The molecule has 0 atom stereocenters. The number of amides is 1. The molecule has 0 aliphatic carbocycles. The number of rotatable bonds is 1. The molecule has 1 aromatic carbocycles. The summed E-state index contributed by atoms with van der Waals surface area (Å²) in [6, 6.07) is 3.67. The first-order valence-corrected chi connectivity index (χ1v) is 6.73. The lowest BCUT2D eigenvalue weighted by molar-refractivity contribution is -0.135. The van der Waals surface area contributed by atoms with Crippen LogP contribution in [0.2, 0.25) is 10.0 Å². The summed E-state index contributed by atoms with van der Waals surface area (Å²) in [5.74, 6) is -0.250. The van der Waals surface area contributed by atoms with Gasteiger partial charge in [0.1, 0.15) is 6.61 Å². The maximum atomic E-state index is 11.6. The molecule has 3 rings (SSSR count). The highest BCUT2D eigenvalue weighted by atomic mass is 35.5. The van der Waals surface area contributed by atoms with E-state index in [1.54, 1.807) is 11.0 Å². The zero-order valence-corrected chi connectivity index (χ0v) is 11.6. The van der Waals surface area contributed by atoms with Crippen LogP contribution in [0.5, 0.6) is 0 Å². The number of carbonyl (C=O) groups excluding carboxylic acids is 1. The molecule has 1 aromatic heterocycles. The maximum absolute atomic E-state index is 11.6. The van der Waals surface area contributed by atoms with Crippen LogP contribution < -0.4 is 0 Å². The van der Waals surface area contributed by atoms with E-state index in [9.17, 15) is 4.79 Å². The molecule has 1 amide bonds. The van der Waals surface area contributed by atoms with Crippen LogP contribution in [0.1, 0.15) is 11.3 Å². The number of aromatic amines is 1. The molecule has 1 aliphatic heterocycles. The average Bonchev–Trinajstić information content (AvgIpc) is 2.80. The Morgan fingerprint density at radius 2 is 2.21 bits per heavy atom. The van der Waals surface area contributed by atoms with E-state index in [2.05, 4.69) is 4.98 Å². The molecule has 0 spiro atoms. The number of benzene rings is 1. The fourth-order valence-corrected chi connectivity index (χ4v) is 2.91. The Morgan fingerprint density at radius 3 is 2.95 bits per heavy atom. The van der Waals surface area contributed by atoms with Gasteiger partial charge in [0.2, 0.25) is 5.91 Å². The zero-order chi connectivity index (χ0) is 13.6. The van der Waals surface area contributed by atoms with Gasteiger partial charge in [0.15, 0.2) is 0 Å². The summed E-state index contributed by atoms with van der Waals surface area (Å²) in [6.07, 6.45) is 0.726. The predicted octanol–water partition coefficient (Wildman–Crippen LogP) is 2.35. The predicted molar refractivity (Wildman–Crippen MR) is 74.5 cm³/mol. The van der Waals surface area contributed by atoms with Gasteiger partial charge in [-0.25, -0.2) is 0 Å². The minimum atomic E-state index is -0.454. The molecular weight excluding hydrogens is 287 g/mol. The van der Waals surface area contributed by atoms with E-state index in [0.717, 1.165) is 28.6 Å². The zero-order valence-electron chi connectivity index (χ0n) is 10.0. The first-order chi connectivity index (χ1) is 9.11. The van der Waals surface area contributed by atoms with Crippen molar-refractivity contribution in [2.24, 2.45) is 0 Å². The van der Waals surface area contributed by atoms with Crippen molar-refractivity contribution in [3.63, 3.8) is 0 Å². The second-order valence-electron chi connectivity index (χ2n) is 4.59. The van der Waals surface area contributed by atoms with E-state index in [0.29, 0.717) is 23.1 Å². The third-order valence-corrected chi connectivity index (χ3v) is 4.33. The molecule has 0 unspecified atom stereocenters. The number of aliphatic hydroxyl groups is 1. The number of nitrogens with zero attached hydrogens (tertiary/aromatic N) is 1. The van der Waals surface area contributed by atoms with Crippen molar-refractivity contribution in [2.75, 3.05) is 13.2 Å². The van der Waals surface area contributed by atoms with E-state index in [1.165, 1.54) is 0 Å². The summed E-state index contributed by atoms with van der Waals surface area (Å²) in [5, 5.41) is 10.9. The van der Waals surface area contributed by atoms with E-state index in [-0.39, 0.29) is 5.91 Å². The highest BCUT2D eigenvalue weighted by molar-refractivity contribution is 6.45. The number of nitrogens with one attached hydrogen (secondary N) is 1. The number of carbonyl (C=O) groups is 1. The summed E-state index contributed by atoms with van der Waals surface area (Å²) >= 11 is 12.2. The number of fused-ring (bicyclic) bond motifs is 3. The molecule has 2 aromatic rings. The van der Waals surface area contributed by atoms with Crippen LogP contribution in [0, 0.1) is 0 Å². The Labute approximate surface area is 119 Å². The molecule has 0 saturated heterocycles. The lowest BCUT2D eigenvalue weighted by atomic mass is 10.0. The van der Waals surface area contributed by atoms with Crippen LogP contribution in [-0.4, -0.2) is 34.0 Å². The molecule has 0 radical (unpaired) electrons. The molecular formula is C13H12Cl2N2O2. The molecule has 2 N–H and O–H groups in total. The average molecular weight is 299 g/mol. The lowest BCUT2D eigenvalue weighted by Gasteiger charge is -2.26. The van der Waals surface area contributed by atoms with Gasteiger partial charge >= 0.3 is 0 Å². The smallest absolute Gasteiger partial charge is 0.248 e. The van der Waals surface area contributed by atoms with Crippen molar-refractivity contribution in [1.82, 2.24) is 9.88 Å². The van der Waals surface area contributed by atoms with E-state index >= 15 is 0 Å². The van der Waals surface area contributed by atoms with Gasteiger partial charge in [-0.1, -0.05) is 29.3 Å². The monoisotopic (exact) mass is 298 g/mol. The molecule has 4 nitrogen and oxygen atoms in total. The summed E-state index contributed by atoms with van der Waals surface area (Å²) in [6.45, 7) is 0.640. The SMILES string of the molecule is O=C(CO)N1CCc2[nH]c3c(Cl)c(Cl)ccc3c2C1. The van der Waals surface area contributed by atoms with Gasteiger partial charge in [0, 0.05) is 36.2 Å². The molecule has 0 saturated carbocycles. The third kappa shape index (κ3) is 2.00. The molecule has 19 heavy (non-hydrogen) atoms. The third-order valence-electron chi connectivity index (χ3n) is 3.53. The first-order valence-electron chi connectivity index (χ1n) is 5.98. The van der Waals surface area contributed by atoms with Crippen LogP contribution in [-0.2, 0) is 17.8 Å². The van der Waals surface area contributed by atoms with Gasteiger partial charge in [-0.3, -0.25) is 4.79 Å². The Bertz CT molecular complexity index is 666. The molecule has 2 heterocycles. The van der Waals surface area contributed by atoms with Crippen LogP contribution in [0.3, 0.4) is 0 Å². The minimum Gasteiger partial charge on any atom is -0.387 e. The van der Waals surface area contributed by atoms with Gasteiger partial charge in [-0.15, -0.1) is 0 Å². The van der Waals surface area contributed by atoms with Gasteiger partial charge in [0.05, 0.1) is 15.6 Å². The van der Waals surface area contributed by atoms with Crippen LogP contribution in [0.4, 0.5) is 0 Å². The Balaban J connectivity index is 2.09. The second-order valence-corrected chi connectivity index (χ2v) is 5.37. The van der Waals surface area contributed by atoms with Gasteiger partial charge in [-0.2, -0.15) is 0 Å². The summed E-state index contributed by atoms with van der Waals surface area (Å²) in [7, 11) is 0. The summed E-state index contributed by atoms with van der Waals surface area (Å²) in [4.78, 5) is 16.5. The topological polar surface area (TPSA) is 56.3 Å².